The molecule has 0 aliphatic heterocycles. The predicted molar refractivity (Wildman–Crippen MR) is 114 cm³/mol. The molecule has 0 aliphatic rings. The highest BCUT2D eigenvalue weighted by molar-refractivity contribution is 5.86. The maximum absolute atomic E-state index is 13.2. The van der Waals surface area contributed by atoms with Crippen LogP contribution in [0.25, 0.3) is 22.3 Å². The van der Waals surface area contributed by atoms with Gasteiger partial charge in [-0.2, -0.15) is 0 Å². The first-order valence-corrected chi connectivity index (χ1v) is 9.50. The zero-order valence-corrected chi connectivity index (χ0v) is 16.7. The van der Waals surface area contributed by atoms with E-state index in [1.54, 1.807) is 26.4 Å². The van der Waals surface area contributed by atoms with Crippen LogP contribution in [-0.4, -0.2) is 35.7 Å². The number of benzene rings is 2. The Bertz CT molecular complexity index is 1170. The normalized spacial score (nSPS) is 10.8. The average Bonchev–Trinajstić information content (AvgIpc) is 2.79. The number of nitrogens with one attached hydrogen (secondary N) is 1. The summed E-state index contributed by atoms with van der Waals surface area (Å²) in [5.41, 5.74) is 4.09. The molecule has 0 radical (unpaired) electrons. The molecule has 0 amide bonds. The highest BCUT2D eigenvalue weighted by Gasteiger charge is 2.09. The smallest absolute Gasteiger partial charge is 0.160 e. The number of methoxy groups -OCH3 is 2. The highest BCUT2D eigenvalue weighted by Crippen LogP contribution is 2.28. The first-order valence-electron chi connectivity index (χ1n) is 9.50. The minimum absolute atomic E-state index is 0.277. The molecule has 7 heteroatoms. The van der Waals surface area contributed by atoms with E-state index in [-0.39, 0.29) is 5.82 Å². The lowest BCUT2D eigenvalue weighted by Crippen LogP contribution is -2.08. The van der Waals surface area contributed by atoms with E-state index in [0.717, 1.165) is 28.8 Å². The van der Waals surface area contributed by atoms with E-state index >= 15 is 0 Å². The monoisotopic (exact) mass is 404 g/mol. The molecule has 152 valence electrons. The van der Waals surface area contributed by atoms with Crippen LogP contribution < -0.4 is 14.8 Å². The number of anilines is 1. The number of halogens is 1. The van der Waals surface area contributed by atoms with Crippen molar-refractivity contribution in [3.8, 4) is 22.8 Å². The van der Waals surface area contributed by atoms with E-state index in [9.17, 15) is 4.39 Å². The second kappa shape index (κ2) is 8.73. The zero-order chi connectivity index (χ0) is 20.9. The Morgan fingerprint density at radius 3 is 2.47 bits per heavy atom. The number of ether oxygens (including phenoxy) is 2. The minimum Gasteiger partial charge on any atom is -0.493 e. The Labute approximate surface area is 173 Å². The Morgan fingerprint density at radius 2 is 1.70 bits per heavy atom. The van der Waals surface area contributed by atoms with Gasteiger partial charge in [-0.25, -0.2) is 19.3 Å². The molecule has 0 bridgehead atoms. The molecule has 4 rings (SSSR count). The lowest BCUT2D eigenvalue weighted by Gasteiger charge is -2.11. The van der Waals surface area contributed by atoms with Crippen LogP contribution in [0.2, 0.25) is 0 Å². The maximum atomic E-state index is 13.2. The number of fused-ring (bicyclic) bond motifs is 1. The second-order valence-electron chi connectivity index (χ2n) is 6.66. The third-order valence-corrected chi connectivity index (χ3v) is 4.78. The summed E-state index contributed by atoms with van der Waals surface area (Å²) in [5.74, 6) is 1.78. The van der Waals surface area contributed by atoms with Crippen molar-refractivity contribution in [2.24, 2.45) is 0 Å². The summed E-state index contributed by atoms with van der Waals surface area (Å²) in [6.45, 7) is 0.657. The van der Waals surface area contributed by atoms with Crippen LogP contribution in [0.4, 0.5) is 10.2 Å². The number of nitrogens with zero attached hydrogens (tertiary/aromatic N) is 3. The molecule has 0 unspecified atom stereocenters. The molecule has 1 N–H and O–H groups in total. The van der Waals surface area contributed by atoms with E-state index < -0.39 is 0 Å². The molecule has 2 heterocycles. The first-order chi connectivity index (χ1) is 14.7. The van der Waals surface area contributed by atoms with E-state index in [4.69, 9.17) is 14.5 Å². The SMILES string of the molecule is COc1ccc(CCNc2ncnc3ccc(-c4ccc(F)cc4)nc23)cc1OC. The van der Waals surface area contributed by atoms with Crippen LogP contribution in [0.15, 0.2) is 60.9 Å². The molecule has 0 saturated carbocycles. The molecule has 2 aromatic heterocycles. The third-order valence-electron chi connectivity index (χ3n) is 4.78. The summed E-state index contributed by atoms with van der Waals surface area (Å²) in [4.78, 5) is 13.4. The molecular formula is C23H21FN4O2. The van der Waals surface area contributed by atoms with Crippen molar-refractivity contribution < 1.29 is 13.9 Å². The number of aromatic nitrogens is 3. The molecular weight excluding hydrogens is 383 g/mol. The Kier molecular flexibility index (Phi) is 5.70. The summed E-state index contributed by atoms with van der Waals surface area (Å²) in [5, 5.41) is 3.34. The van der Waals surface area contributed by atoms with Gasteiger partial charge in [0, 0.05) is 12.1 Å². The first kappa shape index (κ1) is 19.6. The predicted octanol–water partition coefficient (Wildman–Crippen LogP) is 4.50. The van der Waals surface area contributed by atoms with E-state index in [1.807, 2.05) is 30.3 Å². The van der Waals surface area contributed by atoms with Crippen molar-refractivity contribution in [1.82, 2.24) is 15.0 Å². The minimum atomic E-state index is -0.277. The van der Waals surface area contributed by atoms with Crippen molar-refractivity contribution in [3.63, 3.8) is 0 Å². The van der Waals surface area contributed by atoms with Gasteiger partial charge in [0.25, 0.3) is 0 Å². The van der Waals surface area contributed by atoms with E-state index in [2.05, 4.69) is 15.3 Å². The molecule has 0 spiro atoms. The molecule has 0 saturated heterocycles. The largest absolute Gasteiger partial charge is 0.493 e. The quantitative estimate of drug-likeness (QED) is 0.489. The fourth-order valence-electron chi connectivity index (χ4n) is 3.21. The van der Waals surface area contributed by atoms with Gasteiger partial charge in [0.15, 0.2) is 17.3 Å². The molecule has 6 nitrogen and oxygen atoms in total. The van der Waals surface area contributed by atoms with Gasteiger partial charge in [-0.1, -0.05) is 6.07 Å². The van der Waals surface area contributed by atoms with E-state index in [0.29, 0.717) is 29.4 Å². The molecule has 2 aromatic carbocycles. The van der Waals surface area contributed by atoms with Crippen LogP contribution in [-0.2, 0) is 6.42 Å². The summed E-state index contributed by atoms with van der Waals surface area (Å²) in [7, 11) is 3.24. The lowest BCUT2D eigenvalue weighted by molar-refractivity contribution is 0.354. The van der Waals surface area contributed by atoms with E-state index in [1.165, 1.54) is 18.5 Å². The fourth-order valence-corrected chi connectivity index (χ4v) is 3.21. The van der Waals surface area contributed by atoms with Gasteiger partial charge in [-0.15, -0.1) is 0 Å². The topological polar surface area (TPSA) is 69.2 Å². The van der Waals surface area contributed by atoms with Gasteiger partial charge in [0.05, 0.1) is 25.4 Å². The van der Waals surface area contributed by atoms with Crippen molar-refractivity contribution >= 4 is 16.9 Å². The molecule has 0 atom stereocenters. The summed E-state index contributed by atoms with van der Waals surface area (Å²) in [6.07, 6.45) is 2.28. The van der Waals surface area contributed by atoms with Gasteiger partial charge in [-0.3, -0.25) is 0 Å². The number of hydrogen-bond acceptors (Lipinski definition) is 6. The van der Waals surface area contributed by atoms with Crippen LogP contribution >= 0.6 is 0 Å². The van der Waals surface area contributed by atoms with Crippen LogP contribution in [0.1, 0.15) is 5.56 Å². The number of rotatable bonds is 7. The van der Waals surface area contributed by atoms with Gasteiger partial charge in [-0.05, 0) is 60.5 Å². The highest BCUT2D eigenvalue weighted by atomic mass is 19.1. The summed E-state index contributed by atoms with van der Waals surface area (Å²) >= 11 is 0. The fraction of sp³-hybridized carbons (Fsp3) is 0.174. The van der Waals surface area contributed by atoms with Gasteiger partial charge in [0.2, 0.25) is 0 Å². The van der Waals surface area contributed by atoms with Crippen LogP contribution in [0, 0.1) is 5.82 Å². The van der Waals surface area contributed by atoms with Crippen LogP contribution in [0.5, 0.6) is 11.5 Å². The Hall–Kier alpha value is -3.74. The Morgan fingerprint density at radius 1 is 0.900 bits per heavy atom. The Balaban J connectivity index is 1.54. The lowest BCUT2D eigenvalue weighted by atomic mass is 10.1. The standard InChI is InChI=1S/C23H21FN4O2/c1-29-20-10-3-15(13-21(20)30-2)11-12-25-23-22-19(26-14-27-23)9-8-18(28-22)16-4-6-17(24)7-5-16/h3-10,13-14H,11-12H2,1-2H3,(H,25,26,27). The molecule has 0 aliphatic carbocycles. The zero-order valence-electron chi connectivity index (χ0n) is 16.7. The van der Waals surface area contributed by atoms with Crippen molar-refractivity contribution in [3.05, 3.63) is 72.3 Å². The van der Waals surface area contributed by atoms with Crippen molar-refractivity contribution in [2.45, 2.75) is 6.42 Å². The number of pyridine rings is 1. The maximum Gasteiger partial charge on any atom is 0.160 e. The van der Waals surface area contributed by atoms with Gasteiger partial charge >= 0.3 is 0 Å². The average molecular weight is 404 g/mol. The summed E-state index contributed by atoms with van der Waals surface area (Å²) in [6, 6.07) is 15.9. The third kappa shape index (κ3) is 4.15. The number of hydrogen-bond donors (Lipinski definition) is 1. The summed E-state index contributed by atoms with van der Waals surface area (Å²) < 4.78 is 23.9. The van der Waals surface area contributed by atoms with Gasteiger partial charge in [0.1, 0.15) is 17.7 Å². The van der Waals surface area contributed by atoms with Gasteiger partial charge < -0.3 is 14.8 Å². The molecule has 0 fully saturated rings. The van der Waals surface area contributed by atoms with Crippen molar-refractivity contribution in [1.29, 1.82) is 0 Å². The second-order valence-corrected chi connectivity index (χ2v) is 6.66. The van der Waals surface area contributed by atoms with Crippen LogP contribution in [0.3, 0.4) is 0 Å². The van der Waals surface area contributed by atoms with Crippen molar-refractivity contribution in [2.75, 3.05) is 26.1 Å². The molecule has 4 aromatic rings. The molecule has 30 heavy (non-hydrogen) atoms.